The highest BCUT2D eigenvalue weighted by molar-refractivity contribution is 5.98. The number of para-hydroxylation sites is 2. The van der Waals surface area contributed by atoms with E-state index in [-0.39, 0.29) is 5.92 Å². The fourth-order valence-corrected chi connectivity index (χ4v) is 11.6. The lowest BCUT2D eigenvalue weighted by molar-refractivity contribution is 0.407. The van der Waals surface area contributed by atoms with E-state index in [1.54, 1.807) is 11.1 Å². The van der Waals surface area contributed by atoms with Crippen LogP contribution in [0.2, 0.25) is 0 Å². The molecule has 2 unspecified atom stereocenters. The Bertz CT molecular complexity index is 3190. The van der Waals surface area contributed by atoms with E-state index >= 15 is 0 Å². The van der Waals surface area contributed by atoms with Crippen LogP contribution in [-0.4, -0.2) is 0 Å². The average molecular weight is 869 g/mol. The summed E-state index contributed by atoms with van der Waals surface area (Å²) in [5.74, 6) is 0.947. The number of hydrogen-bond donors (Lipinski definition) is 0. The Labute approximate surface area is 398 Å². The molecule has 0 bridgehead atoms. The lowest BCUT2D eigenvalue weighted by Crippen LogP contribution is -2.23. The number of aryl methyl sites for hydroxylation is 2. The topological polar surface area (TPSA) is 6.48 Å². The lowest BCUT2D eigenvalue weighted by Gasteiger charge is -2.36. The summed E-state index contributed by atoms with van der Waals surface area (Å²) in [6.45, 7) is 6.68. The van der Waals surface area contributed by atoms with E-state index in [4.69, 9.17) is 0 Å². The number of hydrogen-bond acceptors (Lipinski definition) is 2. The summed E-state index contributed by atoms with van der Waals surface area (Å²) in [7, 11) is 0. The van der Waals surface area contributed by atoms with Gasteiger partial charge in [0, 0.05) is 34.2 Å². The molecule has 0 radical (unpaired) electrons. The van der Waals surface area contributed by atoms with Crippen molar-refractivity contribution in [3.8, 4) is 22.3 Å². The molecule has 0 aromatic heterocycles. The Morgan fingerprint density at radius 2 is 1.31 bits per heavy atom. The summed E-state index contributed by atoms with van der Waals surface area (Å²) in [5, 5.41) is 2.53. The van der Waals surface area contributed by atoms with Crippen molar-refractivity contribution in [1.82, 2.24) is 0 Å². The van der Waals surface area contributed by atoms with E-state index in [0.29, 0.717) is 0 Å². The molecule has 4 aliphatic rings. The van der Waals surface area contributed by atoms with E-state index in [1.807, 2.05) is 0 Å². The summed E-state index contributed by atoms with van der Waals surface area (Å²) in [6, 6.07) is 59.1. The summed E-state index contributed by atoms with van der Waals surface area (Å²) in [4.78, 5) is 4.95. The summed E-state index contributed by atoms with van der Waals surface area (Å²) >= 11 is 0. The van der Waals surface area contributed by atoms with E-state index in [1.165, 1.54) is 123 Å². The number of allylic oxidation sites excluding steroid dienone is 8. The first kappa shape index (κ1) is 42.5. The minimum Gasteiger partial charge on any atom is -0.313 e. The van der Waals surface area contributed by atoms with E-state index in [0.717, 1.165) is 35.8 Å². The van der Waals surface area contributed by atoms with Gasteiger partial charge >= 0.3 is 0 Å². The standard InChI is InChI=1S/C65H60N2/c1-45-18-14-26-54(42-45)66(55-40-41-56(47(3)43-55)62-32-17-23-49-21-6-8-28-59(49)62)64-34-12-9-29-60(64)51-24-15-25-52(44-51)61-30-10-13-35-65(61)67(63-33-11-4-19-46(63)2)53-38-36-50(37-39-53)58-31-16-22-48-20-5-7-27-57(48)58/h4,6,8-15,17,19,21,23-26,28-29,32-41,43-44,48,61H,5,7,16,18,20,22,27,30-31H2,1-3H3. The molecule has 11 rings (SSSR count). The zero-order chi connectivity index (χ0) is 45.3. The number of fused-ring (bicyclic) bond motifs is 2. The molecular formula is C65H60N2. The average Bonchev–Trinajstić information content (AvgIpc) is 3.37. The molecule has 7 aromatic rings. The first-order valence-electron chi connectivity index (χ1n) is 24.7. The van der Waals surface area contributed by atoms with Crippen LogP contribution in [-0.2, 0) is 0 Å². The number of anilines is 4. The Morgan fingerprint density at radius 3 is 2.18 bits per heavy atom. The molecule has 2 atom stereocenters. The quantitative estimate of drug-likeness (QED) is 0.126. The third kappa shape index (κ3) is 8.37. The van der Waals surface area contributed by atoms with Crippen LogP contribution in [0.5, 0.6) is 0 Å². The van der Waals surface area contributed by atoms with Crippen LogP contribution < -0.4 is 9.80 Å². The molecule has 67 heavy (non-hydrogen) atoms. The van der Waals surface area contributed by atoms with Gasteiger partial charge in [0.1, 0.15) is 0 Å². The van der Waals surface area contributed by atoms with Crippen LogP contribution in [0.3, 0.4) is 0 Å². The van der Waals surface area contributed by atoms with Gasteiger partial charge in [-0.25, -0.2) is 0 Å². The fourth-order valence-electron chi connectivity index (χ4n) is 11.6. The van der Waals surface area contributed by atoms with Crippen LogP contribution in [0, 0.1) is 19.8 Å². The first-order valence-corrected chi connectivity index (χ1v) is 24.7. The van der Waals surface area contributed by atoms with Gasteiger partial charge in [0.2, 0.25) is 0 Å². The number of nitrogens with zero attached hydrogens (tertiary/aromatic N) is 2. The van der Waals surface area contributed by atoms with Crippen molar-refractivity contribution < 1.29 is 0 Å². The van der Waals surface area contributed by atoms with Crippen molar-refractivity contribution in [1.29, 1.82) is 0 Å². The van der Waals surface area contributed by atoms with Gasteiger partial charge in [0.15, 0.2) is 0 Å². The van der Waals surface area contributed by atoms with Gasteiger partial charge in [-0.2, -0.15) is 0 Å². The van der Waals surface area contributed by atoms with E-state index in [2.05, 4.69) is 224 Å². The van der Waals surface area contributed by atoms with Crippen molar-refractivity contribution >= 4 is 39.1 Å². The molecule has 0 saturated heterocycles. The lowest BCUT2D eigenvalue weighted by atomic mass is 9.73. The molecule has 0 amide bonds. The highest BCUT2D eigenvalue weighted by Gasteiger charge is 2.29. The third-order valence-corrected chi connectivity index (χ3v) is 14.9. The third-order valence-electron chi connectivity index (χ3n) is 14.9. The van der Waals surface area contributed by atoms with Crippen molar-refractivity contribution in [3.05, 3.63) is 239 Å². The van der Waals surface area contributed by atoms with Crippen LogP contribution in [0.25, 0.3) is 38.6 Å². The van der Waals surface area contributed by atoms with E-state index < -0.39 is 0 Å². The molecule has 0 spiro atoms. The second kappa shape index (κ2) is 18.6. The maximum atomic E-state index is 3.78. The number of rotatable bonds is 10. The highest BCUT2D eigenvalue weighted by atomic mass is 15.2. The van der Waals surface area contributed by atoms with Crippen LogP contribution in [0.4, 0.5) is 22.7 Å². The van der Waals surface area contributed by atoms with Crippen LogP contribution in [0.1, 0.15) is 92.9 Å². The van der Waals surface area contributed by atoms with E-state index in [9.17, 15) is 0 Å². The van der Waals surface area contributed by atoms with Gasteiger partial charge in [0.05, 0.1) is 11.4 Å². The van der Waals surface area contributed by atoms with Crippen LogP contribution >= 0.6 is 0 Å². The molecular weight excluding hydrogens is 809 g/mol. The Hall–Kier alpha value is -7.12. The molecule has 330 valence electrons. The molecule has 1 saturated carbocycles. The van der Waals surface area contributed by atoms with Crippen LogP contribution in [0.15, 0.2) is 216 Å². The summed E-state index contributed by atoms with van der Waals surface area (Å²) < 4.78 is 0. The second-order valence-corrected chi connectivity index (χ2v) is 19.2. The zero-order valence-electron chi connectivity index (χ0n) is 39.3. The van der Waals surface area contributed by atoms with Gasteiger partial charge in [-0.15, -0.1) is 0 Å². The largest absolute Gasteiger partial charge is 0.313 e. The maximum Gasteiger partial charge on any atom is 0.0887 e. The smallest absolute Gasteiger partial charge is 0.0887 e. The van der Waals surface area contributed by atoms with Crippen molar-refractivity contribution in [3.63, 3.8) is 0 Å². The van der Waals surface area contributed by atoms with Gasteiger partial charge in [-0.1, -0.05) is 157 Å². The predicted molar refractivity (Wildman–Crippen MR) is 285 cm³/mol. The Balaban J connectivity index is 0.977. The summed E-state index contributed by atoms with van der Waals surface area (Å²) in [5.41, 5.74) is 25.6. The molecule has 2 nitrogen and oxygen atoms in total. The Morgan fingerprint density at radius 1 is 0.552 bits per heavy atom. The monoisotopic (exact) mass is 868 g/mol. The predicted octanol–water partition coefficient (Wildman–Crippen LogP) is 18.2. The molecule has 7 aromatic carbocycles. The van der Waals surface area contributed by atoms with Gasteiger partial charge in [-0.3, -0.25) is 0 Å². The zero-order valence-corrected chi connectivity index (χ0v) is 39.3. The summed E-state index contributed by atoms with van der Waals surface area (Å²) in [6.07, 6.45) is 22.6. The second-order valence-electron chi connectivity index (χ2n) is 19.2. The first-order chi connectivity index (χ1) is 33.0. The minimum absolute atomic E-state index is 0.151. The van der Waals surface area contributed by atoms with Crippen molar-refractivity contribution in [2.24, 2.45) is 5.92 Å². The maximum absolute atomic E-state index is 3.78. The van der Waals surface area contributed by atoms with Crippen molar-refractivity contribution in [2.75, 3.05) is 9.80 Å². The molecule has 0 aliphatic heterocycles. The number of benzene rings is 7. The van der Waals surface area contributed by atoms with Crippen molar-refractivity contribution in [2.45, 2.75) is 84.5 Å². The molecule has 4 aliphatic carbocycles. The molecule has 0 heterocycles. The van der Waals surface area contributed by atoms with Gasteiger partial charge in [-0.05, 0) is 187 Å². The fraction of sp³-hybridized carbons (Fsp3) is 0.215. The normalized spacial score (nSPS) is 18.0. The molecule has 0 N–H and O–H groups in total. The molecule has 2 heteroatoms. The molecule has 1 fully saturated rings. The highest BCUT2D eigenvalue weighted by Crippen LogP contribution is 2.47. The van der Waals surface area contributed by atoms with Gasteiger partial charge in [0.25, 0.3) is 0 Å². The van der Waals surface area contributed by atoms with Gasteiger partial charge < -0.3 is 9.80 Å². The SMILES string of the molecule is CC1=C=C(N(c2ccc(-c3cccc4ccccc34)c(C)c2)c2ccccc2-c2cccc(C3CC=CC=C3N(c3ccc(C4=C5CCCCC5CCC4)cc3)c3ccccc3C)c2)C=CC1. The Kier molecular flexibility index (Phi) is 11.8. The minimum atomic E-state index is 0.151.